The first-order chi connectivity index (χ1) is 9.53. The molecule has 0 aliphatic rings. The summed E-state index contributed by atoms with van der Waals surface area (Å²) in [6.07, 6.45) is -4.74. The minimum Gasteiger partial charge on any atom is -0.515 e. The van der Waals surface area contributed by atoms with Gasteiger partial charge in [0.15, 0.2) is 0 Å². The monoisotopic (exact) mass is 530 g/mol. The van der Waals surface area contributed by atoms with Crippen molar-refractivity contribution in [2.45, 2.75) is 6.36 Å². The van der Waals surface area contributed by atoms with E-state index in [1.165, 1.54) is 18.2 Å². The van der Waals surface area contributed by atoms with Crippen LogP contribution in [0.2, 0.25) is 0 Å². The number of hydrogen-bond donors (Lipinski definition) is 0. The van der Waals surface area contributed by atoms with Gasteiger partial charge in [0.05, 0.1) is 5.56 Å². The third-order valence-corrected chi connectivity index (χ3v) is 2.74. The van der Waals surface area contributed by atoms with Crippen LogP contribution in [0.4, 0.5) is 13.2 Å². The van der Waals surface area contributed by atoms with Crippen LogP contribution in [0.25, 0.3) is 22.3 Å². The minimum atomic E-state index is -4.74. The Morgan fingerprint density at radius 2 is 1.82 bits per heavy atom. The van der Waals surface area contributed by atoms with E-state index in [4.69, 9.17) is 4.42 Å². The molecule has 3 rings (SSSR count). The van der Waals surface area contributed by atoms with Gasteiger partial charge in [0, 0.05) is 5.58 Å². The quantitative estimate of drug-likeness (QED) is 0.423. The Morgan fingerprint density at radius 1 is 1.09 bits per heavy atom. The van der Waals surface area contributed by atoms with Crippen LogP contribution in [-0.4, -0.2) is 6.36 Å². The smallest absolute Gasteiger partial charge is 0.515 e. The predicted octanol–water partition coefficient (Wildman–Crippen LogP) is 5.25. The van der Waals surface area contributed by atoms with Crippen LogP contribution in [0, 0.1) is 44.6 Å². The van der Waals surface area contributed by atoms with Crippen molar-refractivity contribution >= 4 is 11.0 Å². The molecule has 0 atom stereocenters. The van der Waals surface area contributed by atoms with Crippen molar-refractivity contribution in [3.8, 4) is 17.1 Å². The molecule has 0 saturated heterocycles. The summed E-state index contributed by atoms with van der Waals surface area (Å²) in [5, 5.41) is 0.792. The first kappa shape index (κ1) is 18.7. The molecular weight excluding hydrogens is 519 g/mol. The summed E-state index contributed by atoms with van der Waals surface area (Å²) < 4.78 is 46.7. The maximum atomic E-state index is 12.4. The second kappa shape index (κ2) is 7.26. The summed E-state index contributed by atoms with van der Waals surface area (Å²) in [6, 6.07) is 15.5. The summed E-state index contributed by atoms with van der Waals surface area (Å²) >= 11 is 0. The molecule has 112 valence electrons. The van der Waals surface area contributed by atoms with Crippen molar-refractivity contribution in [1.82, 2.24) is 0 Å². The van der Waals surface area contributed by atoms with Gasteiger partial charge >= 0.3 is 37.5 Å². The molecule has 0 unspecified atom stereocenters. The van der Waals surface area contributed by atoms with E-state index < -0.39 is 6.36 Å². The summed E-state index contributed by atoms with van der Waals surface area (Å²) in [6.45, 7) is 0. The fourth-order valence-electron chi connectivity index (χ4n) is 1.94. The Hall–Kier alpha value is -1.38. The number of halogens is 3. The van der Waals surface area contributed by atoms with E-state index >= 15 is 0 Å². The summed E-state index contributed by atoms with van der Waals surface area (Å²) in [5.74, 6) is 0.0301. The molecule has 1 heterocycles. The van der Waals surface area contributed by atoms with Gasteiger partial charge in [-0.05, 0) is 18.2 Å². The number of ether oxygens (including phenoxy) is 1. The van der Waals surface area contributed by atoms with Crippen LogP contribution in [0.5, 0.6) is 5.75 Å². The second-order valence-electron chi connectivity index (χ2n) is 4.12. The second-order valence-corrected chi connectivity index (χ2v) is 4.12. The first-order valence-electron chi connectivity index (χ1n) is 5.78. The molecule has 3 aromatic rings. The standard InChI is InChI=1S/C15H8F3O2.CH3.U/c16-15(17,18)20-13-8-4-2-6-11(13)14-9-10-5-1-3-7-12(10)19-14;;/h1-2,4-9H;1H3;/q2*-1;+2. The Kier molecular flexibility index (Phi) is 6.16. The number of furan rings is 1. The van der Waals surface area contributed by atoms with Crippen molar-refractivity contribution in [3.05, 3.63) is 62.0 Å². The Balaban J connectivity index is 0.00000121. The van der Waals surface area contributed by atoms with Gasteiger partial charge in [-0.25, -0.2) is 0 Å². The number of para-hydroxylation sites is 1. The third kappa shape index (κ3) is 4.09. The molecule has 0 bridgehead atoms. The Labute approximate surface area is 149 Å². The summed E-state index contributed by atoms with van der Waals surface area (Å²) in [4.78, 5) is 0. The van der Waals surface area contributed by atoms with Gasteiger partial charge in [0.2, 0.25) is 0 Å². The molecule has 0 aliphatic heterocycles. The largest absolute Gasteiger partial charge is 2.00 e. The van der Waals surface area contributed by atoms with E-state index in [1.54, 1.807) is 30.3 Å². The predicted molar refractivity (Wildman–Crippen MR) is 73.6 cm³/mol. The van der Waals surface area contributed by atoms with E-state index in [2.05, 4.69) is 10.8 Å². The molecule has 0 amide bonds. The van der Waals surface area contributed by atoms with Crippen molar-refractivity contribution in [2.75, 3.05) is 0 Å². The zero-order valence-electron chi connectivity index (χ0n) is 11.6. The molecule has 0 fully saturated rings. The molecule has 0 spiro atoms. The van der Waals surface area contributed by atoms with Crippen molar-refractivity contribution in [1.29, 1.82) is 0 Å². The first-order valence-corrected chi connectivity index (χ1v) is 5.78. The van der Waals surface area contributed by atoms with E-state index in [9.17, 15) is 13.2 Å². The molecule has 2 nitrogen and oxygen atoms in total. The number of benzene rings is 2. The van der Waals surface area contributed by atoms with Gasteiger partial charge in [0.25, 0.3) is 0 Å². The van der Waals surface area contributed by atoms with Crippen LogP contribution in [-0.2, 0) is 0 Å². The fraction of sp³-hybridized carbons (Fsp3) is 0.0625. The van der Waals surface area contributed by atoms with Gasteiger partial charge in [-0.3, -0.25) is 0 Å². The molecule has 6 heteroatoms. The van der Waals surface area contributed by atoms with E-state index in [1.807, 2.05) is 0 Å². The normalized spacial score (nSPS) is 10.7. The zero-order chi connectivity index (χ0) is 14.2. The van der Waals surface area contributed by atoms with Crippen LogP contribution >= 0.6 is 0 Å². The zero-order valence-corrected chi connectivity index (χ0v) is 15.7. The average molecular weight is 530 g/mol. The molecule has 0 saturated carbocycles. The fourth-order valence-corrected chi connectivity index (χ4v) is 1.94. The van der Waals surface area contributed by atoms with Crippen molar-refractivity contribution < 1.29 is 53.4 Å². The Morgan fingerprint density at radius 3 is 2.50 bits per heavy atom. The Bertz CT molecular complexity index is 717. The van der Waals surface area contributed by atoms with Gasteiger partial charge in [-0.15, -0.1) is 19.2 Å². The van der Waals surface area contributed by atoms with E-state index in [0.29, 0.717) is 11.3 Å². The van der Waals surface area contributed by atoms with Gasteiger partial charge in [0.1, 0.15) is 11.5 Å². The topological polar surface area (TPSA) is 22.4 Å². The van der Waals surface area contributed by atoms with Crippen molar-refractivity contribution in [3.63, 3.8) is 0 Å². The van der Waals surface area contributed by atoms with Gasteiger partial charge in [-0.2, -0.15) is 18.2 Å². The minimum absolute atomic E-state index is 0. The van der Waals surface area contributed by atoms with Gasteiger partial charge < -0.3 is 16.6 Å². The average Bonchev–Trinajstić information content (AvgIpc) is 2.81. The maximum absolute atomic E-state index is 12.4. The summed E-state index contributed by atoms with van der Waals surface area (Å²) in [7, 11) is 0. The molecular formula is C16H11F3O2U. The number of hydrogen-bond acceptors (Lipinski definition) is 2. The maximum Gasteiger partial charge on any atom is 2.00 e. The van der Waals surface area contributed by atoms with E-state index in [-0.39, 0.29) is 49.9 Å². The van der Waals surface area contributed by atoms with Crippen LogP contribution in [0.3, 0.4) is 0 Å². The summed E-state index contributed by atoms with van der Waals surface area (Å²) in [5.41, 5.74) is 0.810. The van der Waals surface area contributed by atoms with E-state index in [0.717, 1.165) is 5.39 Å². The molecule has 1 aromatic heterocycles. The molecule has 0 radical (unpaired) electrons. The number of alkyl halides is 3. The SMILES string of the molecule is FC(F)(F)Oc1ccccc1-c1cc2cc[c-]cc2o1.[CH3-].[U+2]. The molecule has 0 aliphatic carbocycles. The molecule has 22 heavy (non-hydrogen) atoms. The third-order valence-electron chi connectivity index (χ3n) is 2.74. The van der Waals surface area contributed by atoms with Crippen molar-refractivity contribution in [2.24, 2.45) is 0 Å². The van der Waals surface area contributed by atoms with Crippen LogP contribution in [0.15, 0.2) is 52.9 Å². The molecule has 2 aromatic carbocycles. The van der Waals surface area contributed by atoms with Crippen LogP contribution in [0.1, 0.15) is 0 Å². The number of fused-ring (bicyclic) bond motifs is 1. The number of rotatable bonds is 2. The van der Waals surface area contributed by atoms with Crippen LogP contribution < -0.4 is 4.74 Å². The molecule has 0 N–H and O–H groups in total. The van der Waals surface area contributed by atoms with Gasteiger partial charge in [-0.1, -0.05) is 17.5 Å².